The molecule has 2 heterocycles. The predicted molar refractivity (Wildman–Crippen MR) is 114 cm³/mol. The number of nitrogens with one attached hydrogen (secondary N) is 1. The number of rotatable bonds is 4. The van der Waals surface area contributed by atoms with Crippen LogP contribution >= 0.6 is 0 Å². The first kappa shape index (κ1) is 20.1. The van der Waals surface area contributed by atoms with Crippen molar-refractivity contribution in [3.05, 3.63) is 71.4 Å². The van der Waals surface area contributed by atoms with Gasteiger partial charge in [-0.05, 0) is 61.4 Å². The predicted octanol–water partition coefficient (Wildman–Crippen LogP) is 3.26. The summed E-state index contributed by atoms with van der Waals surface area (Å²) in [6, 6.07) is 12.3. The molecule has 31 heavy (non-hydrogen) atoms. The van der Waals surface area contributed by atoms with Crippen molar-refractivity contribution in [1.82, 2.24) is 9.88 Å². The first-order chi connectivity index (χ1) is 14.8. The van der Waals surface area contributed by atoms with Crippen molar-refractivity contribution >= 4 is 46.5 Å². The number of carbonyl (C=O) groups is 4. The molecule has 1 atom stereocenters. The lowest BCUT2D eigenvalue weighted by Gasteiger charge is -2.26. The number of urea groups is 1. The van der Waals surface area contributed by atoms with E-state index in [1.54, 1.807) is 60.2 Å². The Kier molecular flexibility index (Phi) is 4.90. The van der Waals surface area contributed by atoms with Gasteiger partial charge in [0.05, 0.1) is 5.69 Å². The number of carboxylic acids is 1. The molecule has 1 saturated heterocycles. The maximum Gasteiger partial charge on any atom is 0.335 e. The van der Waals surface area contributed by atoms with E-state index >= 15 is 0 Å². The number of carboxylic acid groups (broad SMARTS) is 1. The molecule has 4 rings (SSSR count). The van der Waals surface area contributed by atoms with E-state index in [1.165, 1.54) is 6.08 Å². The summed E-state index contributed by atoms with van der Waals surface area (Å²) in [6.45, 7) is 3.42. The summed E-state index contributed by atoms with van der Waals surface area (Å²) in [6.07, 6.45) is 3.10. The summed E-state index contributed by atoms with van der Waals surface area (Å²) < 4.78 is 1.63. The molecular weight excluding hydrogens is 398 g/mol. The van der Waals surface area contributed by atoms with Crippen molar-refractivity contribution in [2.24, 2.45) is 0 Å². The van der Waals surface area contributed by atoms with E-state index in [4.69, 9.17) is 0 Å². The molecule has 0 saturated carbocycles. The van der Waals surface area contributed by atoms with Gasteiger partial charge in [-0.2, -0.15) is 0 Å². The zero-order chi connectivity index (χ0) is 22.3. The summed E-state index contributed by atoms with van der Waals surface area (Å²) in [4.78, 5) is 49.9. The Morgan fingerprint density at radius 2 is 1.87 bits per heavy atom. The Morgan fingerprint density at radius 1 is 1.10 bits per heavy atom. The first-order valence-corrected chi connectivity index (χ1v) is 9.58. The average molecular weight is 417 g/mol. The van der Waals surface area contributed by atoms with Crippen molar-refractivity contribution in [2.75, 3.05) is 4.90 Å². The van der Waals surface area contributed by atoms with E-state index < -0.39 is 29.9 Å². The molecular formula is C23H19N3O5. The number of aliphatic carboxylic acids is 1. The number of barbiturate groups is 1. The number of aromatic nitrogens is 1. The minimum atomic E-state index is -0.950. The molecule has 156 valence electrons. The van der Waals surface area contributed by atoms with E-state index in [0.29, 0.717) is 16.8 Å². The Morgan fingerprint density at radius 3 is 2.58 bits per heavy atom. The molecule has 3 aromatic rings. The number of aryl methyl sites for hydroxylation is 1. The summed E-state index contributed by atoms with van der Waals surface area (Å²) >= 11 is 0. The van der Waals surface area contributed by atoms with Gasteiger partial charge in [0.15, 0.2) is 0 Å². The Hall–Kier alpha value is -4.20. The zero-order valence-electron chi connectivity index (χ0n) is 16.8. The summed E-state index contributed by atoms with van der Waals surface area (Å²) in [5, 5.41) is 12.2. The molecule has 8 nitrogen and oxygen atoms in total. The molecule has 8 heteroatoms. The fraction of sp³-hybridized carbons (Fsp3) is 0.130. The van der Waals surface area contributed by atoms with E-state index in [-0.39, 0.29) is 5.57 Å². The van der Waals surface area contributed by atoms with E-state index in [2.05, 4.69) is 5.32 Å². The molecule has 0 radical (unpaired) electrons. The van der Waals surface area contributed by atoms with Gasteiger partial charge >= 0.3 is 12.0 Å². The molecule has 1 fully saturated rings. The molecule has 0 unspecified atom stereocenters. The Bertz CT molecular complexity index is 1290. The van der Waals surface area contributed by atoms with Crippen molar-refractivity contribution in [1.29, 1.82) is 0 Å². The van der Waals surface area contributed by atoms with Gasteiger partial charge in [-0.25, -0.2) is 14.5 Å². The number of hydrogen-bond acceptors (Lipinski definition) is 4. The molecule has 0 aliphatic carbocycles. The number of imide groups is 2. The second-order valence-electron chi connectivity index (χ2n) is 7.35. The molecule has 2 N–H and O–H groups in total. The minimum Gasteiger partial charge on any atom is -0.480 e. The molecule has 0 spiro atoms. The van der Waals surface area contributed by atoms with E-state index in [9.17, 15) is 24.3 Å². The van der Waals surface area contributed by atoms with Gasteiger partial charge in [-0.15, -0.1) is 0 Å². The second-order valence-corrected chi connectivity index (χ2v) is 7.35. The summed E-state index contributed by atoms with van der Waals surface area (Å²) in [7, 11) is 0. The SMILES string of the molecule is Cc1cccc(N2C(=O)NC(=O)/C(=C\c3ccc4c(ccn4[C@H](C)C(=O)O)c3)C2=O)c1. The number of nitrogens with zero attached hydrogens (tertiary/aromatic N) is 2. The Labute approximate surface area is 177 Å². The van der Waals surface area contributed by atoms with Crippen LogP contribution in [0.5, 0.6) is 0 Å². The highest BCUT2D eigenvalue weighted by Gasteiger charge is 2.36. The lowest BCUT2D eigenvalue weighted by Crippen LogP contribution is -2.54. The smallest absolute Gasteiger partial charge is 0.335 e. The second kappa shape index (κ2) is 7.56. The molecule has 4 amide bonds. The van der Waals surface area contributed by atoms with Crippen LogP contribution in [0.3, 0.4) is 0 Å². The fourth-order valence-electron chi connectivity index (χ4n) is 3.55. The highest BCUT2D eigenvalue weighted by molar-refractivity contribution is 6.39. The van der Waals surface area contributed by atoms with Gasteiger partial charge in [0.25, 0.3) is 11.8 Å². The normalized spacial score (nSPS) is 16.6. The minimum absolute atomic E-state index is 0.168. The van der Waals surface area contributed by atoms with Crippen molar-refractivity contribution < 1.29 is 24.3 Å². The van der Waals surface area contributed by atoms with Gasteiger partial charge in [-0.1, -0.05) is 18.2 Å². The van der Waals surface area contributed by atoms with Crippen LogP contribution in [0, 0.1) is 6.92 Å². The first-order valence-electron chi connectivity index (χ1n) is 9.58. The van der Waals surface area contributed by atoms with Crippen LogP contribution < -0.4 is 10.2 Å². The standard InChI is InChI=1S/C23H19N3O5/c1-13-4-3-5-17(10-13)26-21(28)18(20(27)24-23(26)31)12-15-6-7-19-16(11-15)8-9-25(19)14(2)22(29)30/h3-12,14H,1-2H3,(H,29,30)(H,24,27,31)/b18-12+/t14-/m1/s1. The largest absolute Gasteiger partial charge is 0.480 e. The van der Waals surface area contributed by atoms with Crippen LogP contribution in [0.4, 0.5) is 10.5 Å². The van der Waals surface area contributed by atoms with Crippen LogP contribution in [0.15, 0.2) is 60.3 Å². The highest BCUT2D eigenvalue weighted by Crippen LogP contribution is 2.25. The third-order valence-corrected chi connectivity index (χ3v) is 5.19. The molecule has 2 aromatic carbocycles. The van der Waals surface area contributed by atoms with Crippen molar-refractivity contribution in [3.8, 4) is 0 Å². The number of amides is 4. The molecule has 1 aromatic heterocycles. The van der Waals surface area contributed by atoms with E-state index in [1.807, 2.05) is 13.0 Å². The topological polar surface area (TPSA) is 109 Å². The van der Waals surface area contributed by atoms with Gasteiger partial charge in [0.1, 0.15) is 11.6 Å². The third kappa shape index (κ3) is 3.59. The Balaban J connectivity index is 1.72. The van der Waals surface area contributed by atoms with Crippen molar-refractivity contribution in [2.45, 2.75) is 19.9 Å². The van der Waals surface area contributed by atoms with Crippen LogP contribution in [0.25, 0.3) is 17.0 Å². The van der Waals surface area contributed by atoms with Crippen LogP contribution in [-0.4, -0.2) is 33.5 Å². The van der Waals surface area contributed by atoms with Crippen LogP contribution in [0.2, 0.25) is 0 Å². The summed E-state index contributed by atoms with van der Waals surface area (Å²) in [5.41, 5.74) is 2.36. The fourth-order valence-corrected chi connectivity index (χ4v) is 3.55. The molecule has 0 bridgehead atoms. The van der Waals surface area contributed by atoms with Crippen LogP contribution in [-0.2, 0) is 14.4 Å². The maximum absolute atomic E-state index is 13.0. The van der Waals surface area contributed by atoms with Gasteiger partial charge < -0.3 is 9.67 Å². The van der Waals surface area contributed by atoms with Gasteiger partial charge in [0.2, 0.25) is 0 Å². The number of anilines is 1. The quantitative estimate of drug-likeness (QED) is 0.500. The zero-order valence-corrected chi connectivity index (χ0v) is 16.8. The maximum atomic E-state index is 13.0. The van der Waals surface area contributed by atoms with Crippen molar-refractivity contribution in [3.63, 3.8) is 0 Å². The molecule has 1 aliphatic rings. The number of fused-ring (bicyclic) bond motifs is 1. The number of carbonyl (C=O) groups excluding carboxylic acids is 3. The number of hydrogen-bond donors (Lipinski definition) is 2. The average Bonchev–Trinajstić information content (AvgIpc) is 3.13. The molecule has 1 aliphatic heterocycles. The van der Waals surface area contributed by atoms with E-state index in [0.717, 1.165) is 15.8 Å². The summed E-state index contributed by atoms with van der Waals surface area (Å²) in [5.74, 6) is -2.43. The van der Waals surface area contributed by atoms with Gasteiger partial charge in [0, 0.05) is 17.1 Å². The monoisotopic (exact) mass is 417 g/mol. The van der Waals surface area contributed by atoms with Gasteiger partial charge in [-0.3, -0.25) is 14.9 Å². The van der Waals surface area contributed by atoms with Crippen LogP contribution in [0.1, 0.15) is 24.1 Å². The highest BCUT2D eigenvalue weighted by atomic mass is 16.4. The lowest BCUT2D eigenvalue weighted by atomic mass is 10.1. The third-order valence-electron chi connectivity index (χ3n) is 5.19. The lowest BCUT2D eigenvalue weighted by molar-refractivity contribution is -0.140. The number of benzene rings is 2.